The lowest BCUT2D eigenvalue weighted by molar-refractivity contribution is -0.116. The molecular weight excluding hydrogens is 325 g/mol. The Labute approximate surface area is 116 Å². The van der Waals surface area contributed by atoms with Gasteiger partial charge in [0, 0.05) is 15.7 Å². The molecule has 0 spiro atoms. The molecule has 0 radical (unpaired) electrons. The number of allylic oxidation sites excluding steroid dienone is 2. The number of hydrogen-bond acceptors (Lipinski definition) is 1. The van der Waals surface area contributed by atoms with Crippen molar-refractivity contribution in [2.24, 2.45) is 5.92 Å². The molecule has 0 aromatic heterocycles. The van der Waals surface area contributed by atoms with E-state index < -0.39 is 0 Å². The topological polar surface area (TPSA) is 29.1 Å². The first-order valence-corrected chi connectivity index (χ1v) is 6.95. The zero-order chi connectivity index (χ0) is 12.3. The minimum Gasteiger partial charge on any atom is -0.326 e. The highest BCUT2D eigenvalue weighted by molar-refractivity contribution is 14.1. The number of hydrogen-bond donors (Lipinski definition) is 1. The molecule has 1 aromatic rings. The Morgan fingerprint density at radius 1 is 1.53 bits per heavy atom. The monoisotopic (exact) mass is 341 g/mol. The molecule has 0 saturated heterocycles. The van der Waals surface area contributed by atoms with Gasteiger partial charge in [-0.3, -0.25) is 4.79 Å². The van der Waals surface area contributed by atoms with Gasteiger partial charge in [-0.05, 0) is 66.0 Å². The molecule has 1 atom stereocenters. The summed E-state index contributed by atoms with van der Waals surface area (Å²) >= 11 is 2.28. The van der Waals surface area contributed by atoms with Crippen LogP contribution in [0.25, 0.3) is 0 Å². The minimum atomic E-state index is 0.112. The van der Waals surface area contributed by atoms with Gasteiger partial charge in [-0.15, -0.1) is 0 Å². The predicted molar refractivity (Wildman–Crippen MR) is 79.0 cm³/mol. The van der Waals surface area contributed by atoms with Crippen molar-refractivity contribution < 1.29 is 4.79 Å². The van der Waals surface area contributed by atoms with E-state index in [1.807, 2.05) is 18.2 Å². The quantitative estimate of drug-likeness (QED) is 0.656. The second kappa shape index (κ2) is 5.67. The molecule has 1 N–H and O–H groups in total. The van der Waals surface area contributed by atoms with Crippen molar-refractivity contribution >= 4 is 34.2 Å². The van der Waals surface area contributed by atoms with Crippen LogP contribution in [0.1, 0.15) is 24.8 Å². The smallest absolute Gasteiger partial charge is 0.224 e. The van der Waals surface area contributed by atoms with Crippen molar-refractivity contribution in [2.45, 2.75) is 26.2 Å². The highest BCUT2D eigenvalue weighted by atomic mass is 127. The first-order valence-electron chi connectivity index (χ1n) is 5.88. The van der Waals surface area contributed by atoms with Crippen LogP contribution in [0.3, 0.4) is 0 Å². The molecule has 3 heteroatoms. The second-order valence-corrected chi connectivity index (χ2v) is 5.64. The highest BCUT2D eigenvalue weighted by Crippen LogP contribution is 2.22. The van der Waals surface area contributed by atoms with Gasteiger partial charge in [0.1, 0.15) is 0 Å². The standard InChI is InChI=1S/C14H16INO/c1-10-6-7-12(9-13(10)15)16-14(17)8-11-4-2-3-5-11/h2,4,6-7,9,11H,3,5,8H2,1H3,(H,16,17). The number of rotatable bonds is 3. The SMILES string of the molecule is Cc1ccc(NC(=O)CC2C=CCC2)cc1I. The number of aryl methyl sites for hydroxylation is 1. The number of benzene rings is 1. The molecule has 0 bridgehead atoms. The molecule has 1 amide bonds. The summed E-state index contributed by atoms with van der Waals surface area (Å²) in [6.45, 7) is 2.07. The molecule has 1 aromatic carbocycles. The molecular formula is C14H16INO. The van der Waals surface area contributed by atoms with E-state index in [9.17, 15) is 4.79 Å². The molecule has 90 valence electrons. The Kier molecular flexibility index (Phi) is 4.20. The summed E-state index contributed by atoms with van der Waals surface area (Å²) in [5, 5.41) is 2.96. The first-order chi connectivity index (χ1) is 8.15. The average Bonchev–Trinajstić information content (AvgIpc) is 2.76. The van der Waals surface area contributed by atoms with Gasteiger partial charge >= 0.3 is 0 Å². The summed E-state index contributed by atoms with van der Waals surface area (Å²) < 4.78 is 1.18. The van der Waals surface area contributed by atoms with Crippen molar-refractivity contribution in [3.05, 3.63) is 39.5 Å². The Morgan fingerprint density at radius 2 is 2.35 bits per heavy atom. The maximum atomic E-state index is 11.8. The van der Waals surface area contributed by atoms with E-state index in [0.717, 1.165) is 18.5 Å². The number of carbonyl (C=O) groups is 1. The summed E-state index contributed by atoms with van der Waals surface area (Å²) in [7, 11) is 0. The Hall–Kier alpha value is -0.840. The molecule has 1 aliphatic rings. The van der Waals surface area contributed by atoms with Gasteiger partial charge < -0.3 is 5.32 Å². The van der Waals surface area contributed by atoms with Crippen molar-refractivity contribution in [3.63, 3.8) is 0 Å². The van der Waals surface area contributed by atoms with E-state index >= 15 is 0 Å². The molecule has 1 unspecified atom stereocenters. The number of carbonyl (C=O) groups excluding carboxylic acids is 1. The lowest BCUT2D eigenvalue weighted by Crippen LogP contribution is -2.14. The number of anilines is 1. The summed E-state index contributed by atoms with van der Waals surface area (Å²) in [4.78, 5) is 11.8. The van der Waals surface area contributed by atoms with E-state index in [0.29, 0.717) is 12.3 Å². The van der Waals surface area contributed by atoms with Crippen LogP contribution in [0.4, 0.5) is 5.69 Å². The van der Waals surface area contributed by atoms with Gasteiger partial charge in [-0.1, -0.05) is 18.2 Å². The van der Waals surface area contributed by atoms with Crippen LogP contribution >= 0.6 is 22.6 Å². The first kappa shape index (κ1) is 12.6. The lowest BCUT2D eigenvalue weighted by atomic mass is 10.1. The zero-order valence-electron chi connectivity index (χ0n) is 9.87. The molecule has 2 rings (SSSR count). The molecule has 2 nitrogen and oxygen atoms in total. The normalized spacial score (nSPS) is 18.4. The van der Waals surface area contributed by atoms with Crippen molar-refractivity contribution in [2.75, 3.05) is 5.32 Å². The molecule has 17 heavy (non-hydrogen) atoms. The fraction of sp³-hybridized carbons (Fsp3) is 0.357. The predicted octanol–water partition coefficient (Wildman–Crippen LogP) is 3.89. The van der Waals surface area contributed by atoms with Gasteiger partial charge in [0.2, 0.25) is 5.91 Å². The van der Waals surface area contributed by atoms with E-state index in [-0.39, 0.29) is 5.91 Å². The van der Waals surface area contributed by atoms with Crippen LogP contribution in [-0.2, 0) is 4.79 Å². The van der Waals surface area contributed by atoms with Crippen LogP contribution in [0, 0.1) is 16.4 Å². The van der Waals surface area contributed by atoms with E-state index in [4.69, 9.17) is 0 Å². The van der Waals surface area contributed by atoms with E-state index in [1.54, 1.807) is 0 Å². The van der Waals surface area contributed by atoms with Gasteiger partial charge in [0.25, 0.3) is 0 Å². The van der Waals surface area contributed by atoms with Crippen LogP contribution in [0.2, 0.25) is 0 Å². The summed E-state index contributed by atoms with van der Waals surface area (Å²) in [6.07, 6.45) is 7.13. The molecule has 0 fully saturated rings. The number of halogens is 1. The Morgan fingerprint density at radius 3 is 3.00 bits per heavy atom. The molecule has 0 saturated carbocycles. The Balaban J connectivity index is 1.93. The van der Waals surface area contributed by atoms with E-state index in [1.165, 1.54) is 9.13 Å². The van der Waals surface area contributed by atoms with Gasteiger partial charge in [0.15, 0.2) is 0 Å². The maximum Gasteiger partial charge on any atom is 0.224 e. The second-order valence-electron chi connectivity index (χ2n) is 4.48. The van der Waals surface area contributed by atoms with Gasteiger partial charge in [-0.2, -0.15) is 0 Å². The minimum absolute atomic E-state index is 0.112. The summed E-state index contributed by atoms with van der Waals surface area (Å²) in [5.74, 6) is 0.542. The Bertz CT molecular complexity index is 454. The lowest BCUT2D eigenvalue weighted by Gasteiger charge is -2.09. The average molecular weight is 341 g/mol. The number of amides is 1. The maximum absolute atomic E-state index is 11.8. The van der Waals surface area contributed by atoms with E-state index in [2.05, 4.69) is 47.0 Å². The van der Waals surface area contributed by atoms with Crippen LogP contribution in [0.5, 0.6) is 0 Å². The van der Waals surface area contributed by atoms with Gasteiger partial charge in [0.05, 0.1) is 0 Å². The summed E-state index contributed by atoms with van der Waals surface area (Å²) in [5.41, 5.74) is 2.13. The fourth-order valence-electron chi connectivity index (χ4n) is 1.99. The third-order valence-electron chi connectivity index (χ3n) is 3.02. The van der Waals surface area contributed by atoms with Gasteiger partial charge in [-0.25, -0.2) is 0 Å². The molecule has 0 aliphatic heterocycles. The van der Waals surface area contributed by atoms with Crippen molar-refractivity contribution in [3.8, 4) is 0 Å². The third-order valence-corrected chi connectivity index (χ3v) is 4.18. The van der Waals surface area contributed by atoms with Crippen LogP contribution in [-0.4, -0.2) is 5.91 Å². The number of nitrogens with one attached hydrogen (secondary N) is 1. The third kappa shape index (κ3) is 3.56. The zero-order valence-corrected chi connectivity index (χ0v) is 12.0. The van der Waals surface area contributed by atoms with Crippen molar-refractivity contribution in [1.29, 1.82) is 0 Å². The summed E-state index contributed by atoms with van der Waals surface area (Å²) in [6, 6.07) is 6.00. The highest BCUT2D eigenvalue weighted by Gasteiger charge is 2.14. The van der Waals surface area contributed by atoms with Crippen LogP contribution < -0.4 is 5.32 Å². The molecule has 0 heterocycles. The fourth-order valence-corrected chi connectivity index (χ4v) is 2.50. The van der Waals surface area contributed by atoms with Crippen LogP contribution in [0.15, 0.2) is 30.4 Å². The molecule has 1 aliphatic carbocycles. The van der Waals surface area contributed by atoms with Crippen molar-refractivity contribution in [1.82, 2.24) is 0 Å². The largest absolute Gasteiger partial charge is 0.326 e.